The quantitative estimate of drug-likeness (QED) is 0.696. The van der Waals surface area contributed by atoms with Gasteiger partial charge in [0.15, 0.2) is 0 Å². The second-order valence-electron chi connectivity index (χ2n) is 3.08. The molecular formula is C9H14N2O3. The molecule has 0 saturated carbocycles. The van der Waals surface area contributed by atoms with Gasteiger partial charge in [0.1, 0.15) is 6.61 Å². The summed E-state index contributed by atoms with van der Waals surface area (Å²) in [7, 11) is 0. The van der Waals surface area contributed by atoms with Crippen LogP contribution in [0.2, 0.25) is 0 Å². The minimum atomic E-state index is -0.531. The molecule has 0 fully saturated rings. The van der Waals surface area contributed by atoms with Crippen LogP contribution in [0.15, 0.2) is 15.8 Å². The SMILES string of the molecule is CCCCOn1cc(C)c(=O)[nH]c1=O. The number of hydrogen-bond acceptors (Lipinski definition) is 3. The number of rotatable bonds is 4. The number of nitrogens with one attached hydrogen (secondary N) is 1. The summed E-state index contributed by atoms with van der Waals surface area (Å²) in [5.41, 5.74) is -0.442. The van der Waals surface area contributed by atoms with Crippen LogP contribution in [0.5, 0.6) is 0 Å². The molecule has 0 aliphatic heterocycles. The van der Waals surface area contributed by atoms with Gasteiger partial charge in [0.05, 0.1) is 6.20 Å². The van der Waals surface area contributed by atoms with E-state index in [0.717, 1.165) is 17.6 Å². The largest absolute Gasteiger partial charge is 0.410 e. The fraction of sp³-hybridized carbons (Fsp3) is 0.556. The van der Waals surface area contributed by atoms with Gasteiger partial charge in [0.25, 0.3) is 5.56 Å². The van der Waals surface area contributed by atoms with Gasteiger partial charge in [0.2, 0.25) is 0 Å². The lowest BCUT2D eigenvalue weighted by molar-refractivity contribution is 0.0953. The third-order valence-electron chi connectivity index (χ3n) is 1.82. The monoisotopic (exact) mass is 198 g/mol. The van der Waals surface area contributed by atoms with Gasteiger partial charge in [0, 0.05) is 5.56 Å². The van der Waals surface area contributed by atoms with E-state index in [1.807, 2.05) is 6.92 Å². The zero-order chi connectivity index (χ0) is 10.6. The average Bonchev–Trinajstić information content (AvgIpc) is 2.14. The summed E-state index contributed by atoms with van der Waals surface area (Å²) >= 11 is 0. The third-order valence-corrected chi connectivity index (χ3v) is 1.82. The average molecular weight is 198 g/mol. The van der Waals surface area contributed by atoms with E-state index in [9.17, 15) is 9.59 Å². The second kappa shape index (κ2) is 4.64. The summed E-state index contributed by atoms with van der Waals surface area (Å²) in [4.78, 5) is 29.5. The van der Waals surface area contributed by atoms with E-state index in [1.165, 1.54) is 6.20 Å². The summed E-state index contributed by atoms with van der Waals surface area (Å²) in [6.07, 6.45) is 3.28. The standard InChI is InChI=1S/C9H14N2O3/c1-3-4-5-14-11-6-7(2)8(12)10-9(11)13/h6H,3-5H2,1-2H3,(H,10,12,13). The Labute approximate surface area is 81.3 Å². The number of unbranched alkanes of at least 4 members (excludes halogenated alkanes) is 1. The number of hydrogen-bond donors (Lipinski definition) is 1. The van der Waals surface area contributed by atoms with Crippen LogP contribution in [-0.4, -0.2) is 16.3 Å². The Morgan fingerprint density at radius 2 is 2.21 bits per heavy atom. The number of H-pyrrole nitrogens is 1. The van der Waals surface area contributed by atoms with Crippen molar-refractivity contribution in [3.63, 3.8) is 0 Å². The highest BCUT2D eigenvalue weighted by Crippen LogP contribution is 1.85. The minimum absolute atomic E-state index is 0.370. The van der Waals surface area contributed by atoms with Crippen molar-refractivity contribution in [3.05, 3.63) is 32.6 Å². The Bertz CT molecular complexity index is 405. The van der Waals surface area contributed by atoms with Crippen LogP contribution in [-0.2, 0) is 0 Å². The van der Waals surface area contributed by atoms with Crippen molar-refractivity contribution in [3.8, 4) is 0 Å². The van der Waals surface area contributed by atoms with Crippen LogP contribution < -0.4 is 16.1 Å². The molecule has 0 bridgehead atoms. The fourth-order valence-corrected chi connectivity index (χ4v) is 0.947. The Kier molecular flexibility index (Phi) is 3.50. The van der Waals surface area contributed by atoms with Crippen molar-refractivity contribution in [2.45, 2.75) is 26.7 Å². The number of nitrogens with zero attached hydrogens (tertiary/aromatic N) is 1. The fourth-order valence-electron chi connectivity index (χ4n) is 0.947. The topological polar surface area (TPSA) is 64.1 Å². The van der Waals surface area contributed by atoms with Gasteiger partial charge in [-0.15, -0.1) is 4.73 Å². The van der Waals surface area contributed by atoms with E-state index < -0.39 is 5.69 Å². The first-order chi connectivity index (χ1) is 6.65. The number of aryl methyl sites for hydroxylation is 1. The molecule has 1 N–H and O–H groups in total. The lowest BCUT2D eigenvalue weighted by atomic mass is 10.4. The Morgan fingerprint density at radius 3 is 2.86 bits per heavy atom. The Hall–Kier alpha value is -1.52. The maximum Gasteiger partial charge on any atom is 0.361 e. The lowest BCUT2D eigenvalue weighted by Crippen LogP contribution is -2.34. The molecule has 78 valence electrons. The van der Waals surface area contributed by atoms with Gasteiger partial charge in [-0.25, -0.2) is 4.79 Å². The zero-order valence-corrected chi connectivity index (χ0v) is 8.37. The number of aromatic amines is 1. The van der Waals surface area contributed by atoms with Gasteiger partial charge >= 0.3 is 5.69 Å². The van der Waals surface area contributed by atoms with E-state index in [-0.39, 0.29) is 5.56 Å². The predicted molar refractivity (Wildman–Crippen MR) is 52.4 cm³/mol. The van der Waals surface area contributed by atoms with Crippen molar-refractivity contribution >= 4 is 0 Å². The van der Waals surface area contributed by atoms with Crippen molar-refractivity contribution in [2.75, 3.05) is 6.61 Å². The molecule has 0 radical (unpaired) electrons. The minimum Gasteiger partial charge on any atom is -0.410 e. The van der Waals surface area contributed by atoms with Crippen LogP contribution >= 0.6 is 0 Å². The molecule has 0 aromatic carbocycles. The van der Waals surface area contributed by atoms with Gasteiger partial charge in [-0.1, -0.05) is 13.3 Å². The van der Waals surface area contributed by atoms with Crippen molar-refractivity contribution in [1.82, 2.24) is 9.71 Å². The first kappa shape index (κ1) is 10.6. The van der Waals surface area contributed by atoms with Crippen LogP contribution in [0.4, 0.5) is 0 Å². The highest BCUT2D eigenvalue weighted by molar-refractivity contribution is 4.99. The molecule has 0 aliphatic carbocycles. The van der Waals surface area contributed by atoms with Crippen molar-refractivity contribution < 1.29 is 4.84 Å². The van der Waals surface area contributed by atoms with Crippen LogP contribution in [0.25, 0.3) is 0 Å². The summed E-state index contributed by atoms with van der Waals surface area (Å²) in [6, 6.07) is 0. The highest BCUT2D eigenvalue weighted by Gasteiger charge is 2.00. The van der Waals surface area contributed by atoms with E-state index in [1.54, 1.807) is 6.92 Å². The van der Waals surface area contributed by atoms with Crippen LogP contribution in [0, 0.1) is 6.92 Å². The lowest BCUT2D eigenvalue weighted by Gasteiger charge is -2.06. The third kappa shape index (κ3) is 2.48. The van der Waals surface area contributed by atoms with Crippen LogP contribution in [0.3, 0.4) is 0 Å². The smallest absolute Gasteiger partial charge is 0.361 e. The van der Waals surface area contributed by atoms with Gasteiger partial charge in [-0.05, 0) is 13.3 Å². The molecule has 1 rings (SSSR count). The molecule has 5 nitrogen and oxygen atoms in total. The molecule has 0 aliphatic rings. The summed E-state index contributed by atoms with van der Waals surface area (Å²) < 4.78 is 1.06. The molecule has 1 aromatic heterocycles. The summed E-state index contributed by atoms with van der Waals surface area (Å²) in [5, 5.41) is 0. The molecule has 5 heteroatoms. The molecular weight excluding hydrogens is 184 g/mol. The first-order valence-electron chi connectivity index (χ1n) is 4.61. The normalized spacial score (nSPS) is 10.1. The first-order valence-corrected chi connectivity index (χ1v) is 4.61. The van der Waals surface area contributed by atoms with Gasteiger partial charge < -0.3 is 4.84 Å². The molecule has 0 spiro atoms. The molecule has 1 aromatic rings. The molecule has 0 saturated heterocycles. The maximum absolute atomic E-state index is 11.2. The van der Waals surface area contributed by atoms with Gasteiger partial charge in [-0.3, -0.25) is 9.78 Å². The van der Waals surface area contributed by atoms with E-state index in [2.05, 4.69) is 4.98 Å². The summed E-state index contributed by atoms with van der Waals surface area (Å²) in [5.74, 6) is 0. The maximum atomic E-state index is 11.2. The molecule has 1 heterocycles. The zero-order valence-electron chi connectivity index (χ0n) is 8.37. The number of aromatic nitrogens is 2. The molecule has 0 unspecified atom stereocenters. The molecule has 0 amide bonds. The predicted octanol–water partition coefficient (Wildman–Crippen LogP) is 0.0737. The molecule has 0 atom stereocenters. The van der Waals surface area contributed by atoms with Crippen molar-refractivity contribution in [1.29, 1.82) is 0 Å². The van der Waals surface area contributed by atoms with Crippen molar-refractivity contribution in [2.24, 2.45) is 0 Å². The highest BCUT2D eigenvalue weighted by atomic mass is 16.7. The Balaban J connectivity index is 2.82. The molecule has 14 heavy (non-hydrogen) atoms. The Morgan fingerprint density at radius 1 is 1.50 bits per heavy atom. The van der Waals surface area contributed by atoms with E-state index in [4.69, 9.17) is 4.84 Å². The van der Waals surface area contributed by atoms with Gasteiger partial charge in [-0.2, -0.15) is 0 Å². The van der Waals surface area contributed by atoms with E-state index in [0.29, 0.717) is 12.2 Å². The van der Waals surface area contributed by atoms with Crippen LogP contribution in [0.1, 0.15) is 25.3 Å². The summed E-state index contributed by atoms with van der Waals surface area (Å²) in [6.45, 7) is 4.13. The second-order valence-corrected chi connectivity index (χ2v) is 3.08. The van der Waals surface area contributed by atoms with E-state index >= 15 is 0 Å².